The highest BCUT2D eigenvalue weighted by Gasteiger charge is 2.10. The van der Waals surface area contributed by atoms with Gasteiger partial charge >= 0.3 is 5.97 Å². The molecular weight excluding hydrogens is 216 g/mol. The van der Waals surface area contributed by atoms with E-state index in [9.17, 15) is 4.79 Å². The summed E-state index contributed by atoms with van der Waals surface area (Å²) in [6, 6.07) is 4.92. The molecule has 0 saturated heterocycles. The quantitative estimate of drug-likeness (QED) is 0.859. The number of ether oxygens (including phenoxy) is 1. The summed E-state index contributed by atoms with van der Waals surface area (Å²) in [7, 11) is 0. The normalized spacial score (nSPS) is 10.5. The Bertz CT molecular complexity index is 385. The van der Waals surface area contributed by atoms with E-state index in [0.717, 1.165) is 0 Å². The number of rotatable bonds is 4. The van der Waals surface area contributed by atoms with Crippen LogP contribution in [0.1, 0.15) is 15.9 Å². The van der Waals surface area contributed by atoms with Gasteiger partial charge < -0.3 is 9.84 Å². The van der Waals surface area contributed by atoms with Gasteiger partial charge in [0.05, 0.1) is 5.56 Å². The zero-order valence-corrected chi connectivity index (χ0v) is 8.99. The highest BCUT2D eigenvalue weighted by Crippen LogP contribution is 2.21. The zero-order chi connectivity index (χ0) is 11.3. The second-order valence-electron chi connectivity index (χ2n) is 2.91. The van der Waals surface area contributed by atoms with E-state index in [-0.39, 0.29) is 5.56 Å². The van der Waals surface area contributed by atoms with Crippen molar-refractivity contribution in [1.82, 2.24) is 0 Å². The average molecular weight is 227 g/mol. The second-order valence-corrected chi connectivity index (χ2v) is 3.16. The molecule has 0 aliphatic heterocycles. The first-order chi connectivity index (χ1) is 7.16. The van der Waals surface area contributed by atoms with Crippen LogP contribution >= 0.6 is 11.6 Å². The summed E-state index contributed by atoms with van der Waals surface area (Å²) in [5.74, 6) is -0.393. The molecule has 1 aromatic rings. The number of benzene rings is 1. The van der Waals surface area contributed by atoms with Gasteiger partial charge in [0.25, 0.3) is 0 Å². The van der Waals surface area contributed by atoms with Crippen LogP contribution in [-0.2, 0) is 0 Å². The maximum absolute atomic E-state index is 10.8. The van der Waals surface area contributed by atoms with E-state index in [1.165, 1.54) is 5.54 Å². The van der Waals surface area contributed by atoms with Crippen LogP contribution in [0.4, 0.5) is 0 Å². The Hall–Kier alpha value is -1.48. The Morgan fingerprint density at radius 1 is 1.60 bits per heavy atom. The van der Waals surface area contributed by atoms with Crippen LogP contribution < -0.4 is 4.74 Å². The monoisotopic (exact) mass is 226 g/mol. The molecule has 3 nitrogen and oxygen atoms in total. The minimum Gasteiger partial charge on any atom is -0.489 e. The smallest absolute Gasteiger partial charge is 0.336 e. The van der Waals surface area contributed by atoms with Gasteiger partial charge in [-0.25, -0.2) is 4.79 Å². The summed E-state index contributed by atoms with van der Waals surface area (Å²) in [6.45, 7) is 2.04. The maximum atomic E-state index is 10.8. The van der Waals surface area contributed by atoms with Crippen molar-refractivity contribution in [3.8, 4) is 5.75 Å². The highest BCUT2D eigenvalue weighted by atomic mass is 35.5. The molecule has 0 saturated carbocycles. The first-order valence-electron chi connectivity index (χ1n) is 4.37. The summed E-state index contributed by atoms with van der Waals surface area (Å²) in [5, 5.41) is 8.87. The Balaban J connectivity index is 2.89. The van der Waals surface area contributed by atoms with Gasteiger partial charge in [0.1, 0.15) is 12.4 Å². The molecule has 0 atom stereocenters. The molecule has 0 radical (unpaired) electrons. The predicted molar refractivity (Wildman–Crippen MR) is 58.6 cm³/mol. The lowest BCUT2D eigenvalue weighted by atomic mass is 10.1. The largest absolute Gasteiger partial charge is 0.489 e. The molecule has 0 spiro atoms. The van der Waals surface area contributed by atoms with E-state index >= 15 is 0 Å². The molecule has 15 heavy (non-hydrogen) atoms. The van der Waals surface area contributed by atoms with Crippen LogP contribution in [0.5, 0.6) is 5.75 Å². The lowest BCUT2D eigenvalue weighted by molar-refractivity contribution is 0.0695. The van der Waals surface area contributed by atoms with Crippen molar-refractivity contribution in [2.75, 3.05) is 6.61 Å². The summed E-state index contributed by atoms with van der Waals surface area (Å²) >= 11 is 5.33. The molecular formula is C11H11ClO3. The SMILES string of the molecule is Cc1c(OC/C=C/Cl)cccc1C(=O)O. The third-order valence-corrected chi connectivity index (χ3v) is 2.12. The molecule has 0 aliphatic carbocycles. The van der Waals surface area contributed by atoms with E-state index in [1.807, 2.05) is 0 Å². The number of halogens is 1. The van der Waals surface area contributed by atoms with E-state index in [1.54, 1.807) is 31.2 Å². The van der Waals surface area contributed by atoms with Crippen LogP contribution in [-0.4, -0.2) is 17.7 Å². The van der Waals surface area contributed by atoms with Crippen molar-refractivity contribution in [2.24, 2.45) is 0 Å². The number of carbonyl (C=O) groups is 1. The van der Waals surface area contributed by atoms with Gasteiger partial charge in [0.2, 0.25) is 0 Å². The summed E-state index contributed by atoms with van der Waals surface area (Å²) in [6.07, 6.45) is 1.63. The minimum absolute atomic E-state index is 0.252. The lowest BCUT2D eigenvalue weighted by Gasteiger charge is -2.08. The number of hydrogen-bond acceptors (Lipinski definition) is 2. The topological polar surface area (TPSA) is 46.5 Å². The van der Waals surface area contributed by atoms with Crippen molar-refractivity contribution in [3.63, 3.8) is 0 Å². The van der Waals surface area contributed by atoms with Crippen LogP contribution in [0.3, 0.4) is 0 Å². The first kappa shape index (κ1) is 11.6. The summed E-state index contributed by atoms with van der Waals surface area (Å²) in [5.41, 5.74) is 2.23. The third kappa shape index (κ3) is 2.99. The lowest BCUT2D eigenvalue weighted by Crippen LogP contribution is -2.02. The van der Waals surface area contributed by atoms with Crippen molar-refractivity contribution in [2.45, 2.75) is 6.92 Å². The van der Waals surface area contributed by atoms with Gasteiger partial charge in [-0.3, -0.25) is 0 Å². The Kier molecular flexibility index (Phi) is 4.18. The maximum Gasteiger partial charge on any atom is 0.336 e. The first-order valence-corrected chi connectivity index (χ1v) is 4.81. The molecule has 0 amide bonds. The second kappa shape index (κ2) is 5.41. The molecule has 0 bridgehead atoms. The fourth-order valence-corrected chi connectivity index (χ4v) is 1.25. The molecule has 0 aliphatic rings. The highest BCUT2D eigenvalue weighted by molar-refractivity contribution is 6.25. The molecule has 1 aromatic carbocycles. The predicted octanol–water partition coefficient (Wildman–Crippen LogP) is 2.82. The van der Waals surface area contributed by atoms with E-state index in [2.05, 4.69) is 0 Å². The van der Waals surface area contributed by atoms with Gasteiger partial charge in [-0.05, 0) is 25.1 Å². The number of hydrogen-bond donors (Lipinski definition) is 1. The molecule has 0 heterocycles. The number of carboxylic acid groups (broad SMARTS) is 1. The number of carboxylic acids is 1. The van der Waals surface area contributed by atoms with Crippen LogP contribution in [0.2, 0.25) is 0 Å². The third-order valence-electron chi connectivity index (χ3n) is 1.94. The van der Waals surface area contributed by atoms with Gasteiger partial charge in [-0.15, -0.1) is 0 Å². The van der Waals surface area contributed by atoms with Gasteiger partial charge in [-0.1, -0.05) is 17.7 Å². The molecule has 0 aromatic heterocycles. The van der Waals surface area contributed by atoms with Crippen molar-refractivity contribution in [3.05, 3.63) is 40.9 Å². The Labute approximate surface area is 92.9 Å². The molecule has 1 rings (SSSR count). The number of aromatic carboxylic acids is 1. The Morgan fingerprint density at radius 2 is 2.33 bits per heavy atom. The van der Waals surface area contributed by atoms with E-state index < -0.39 is 5.97 Å². The Morgan fingerprint density at radius 3 is 2.93 bits per heavy atom. The molecule has 4 heteroatoms. The summed E-state index contributed by atoms with van der Waals surface area (Å²) in [4.78, 5) is 10.8. The standard InChI is InChI=1S/C11H11ClO3/c1-8-9(11(13)14)4-2-5-10(8)15-7-3-6-12/h2-6H,7H2,1H3,(H,13,14)/b6-3+. The fourth-order valence-electron chi connectivity index (χ4n) is 1.18. The van der Waals surface area contributed by atoms with E-state index in [0.29, 0.717) is 17.9 Å². The van der Waals surface area contributed by atoms with Crippen molar-refractivity contribution in [1.29, 1.82) is 0 Å². The molecule has 1 N–H and O–H groups in total. The van der Waals surface area contributed by atoms with Crippen molar-refractivity contribution < 1.29 is 14.6 Å². The minimum atomic E-state index is -0.953. The van der Waals surface area contributed by atoms with Gasteiger partial charge in [-0.2, -0.15) is 0 Å². The van der Waals surface area contributed by atoms with Crippen LogP contribution in [0.15, 0.2) is 29.8 Å². The van der Waals surface area contributed by atoms with Crippen LogP contribution in [0, 0.1) is 6.92 Å². The molecule has 80 valence electrons. The van der Waals surface area contributed by atoms with Gasteiger partial charge in [0, 0.05) is 11.1 Å². The van der Waals surface area contributed by atoms with Gasteiger partial charge in [0.15, 0.2) is 0 Å². The van der Waals surface area contributed by atoms with Crippen molar-refractivity contribution >= 4 is 17.6 Å². The van der Waals surface area contributed by atoms with E-state index in [4.69, 9.17) is 21.4 Å². The molecule has 0 fully saturated rings. The molecule has 0 unspecified atom stereocenters. The summed E-state index contributed by atoms with van der Waals surface area (Å²) < 4.78 is 5.33. The zero-order valence-electron chi connectivity index (χ0n) is 8.24. The average Bonchev–Trinajstić information content (AvgIpc) is 2.20. The van der Waals surface area contributed by atoms with Crippen LogP contribution in [0.25, 0.3) is 0 Å². The fraction of sp³-hybridized carbons (Fsp3) is 0.182.